The van der Waals surface area contributed by atoms with E-state index in [1.165, 1.54) is 0 Å². The zero-order valence-corrected chi connectivity index (χ0v) is 9.12. The van der Waals surface area contributed by atoms with Gasteiger partial charge in [-0.15, -0.1) is 0 Å². The second-order valence-corrected chi connectivity index (χ2v) is 4.39. The van der Waals surface area contributed by atoms with Crippen LogP contribution in [0.15, 0.2) is 0 Å². The molecule has 1 amide bonds. The molecule has 1 rings (SSSR count). The fourth-order valence-corrected chi connectivity index (χ4v) is 1.84. The van der Waals surface area contributed by atoms with Crippen LogP contribution in [0.5, 0.6) is 0 Å². The minimum atomic E-state index is -0.138. The van der Waals surface area contributed by atoms with E-state index in [2.05, 4.69) is 5.32 Å². The number of carbonyl (C=O) groups excluding carboxylic acids is 1. The summed E-state index contributed by atoms with van der Waals surface area (Å²) in [4.78, 5) is 11.4. The van der Waals surface area contributed by atoms with Crippen molar-refractivity contribution in [3.63, 3.8) is 0 Å². The molecule has 3 atom stereocenters. The molecule has 0 bridgehead atoms. The summed E-state index contributed by atoms with van der Waals surface area (Å²) in [6, 6.07) is 0. The molecule has 0 heterocycles. The quantitative estimate of drug-likeness (QED) is 0.717. The van der Waals surface area contributed by atoms with Crippen LogP contribution in [0.4, 0.5) is 0 Å². The summed E-state index contributed by atoms with van der Waals surface area (Å²) in [7, 11) is 0. The molecule has 0 aromatic carbocycles. The lowest BCUT2D eigenvalue weighted by molar-refractivity contribution is -0.124. The van der Waals surface area contributed by atoms with Gasteiger partial charge in [0, 0.05) is 12.5 Å². The van der Waals surface area contributed by atoms with E-state index < -0.39 is 0 Å². The zero-order chi connectivity index (χ0) is 10.6. The number of hydrogen-bond donors (Lipinski definition) is 2. The largest absolute Gasteiger partial charge is 0.393 e. The Morgan fingerprint density at radius 2 is 2.29 bits per heavy atom. The van der Waals surface area contributed by atoms with E-state index in [1.807, 2.05) is 13.8 Å². The average molecular weight is 199 g/mol. The molecule has 1 aliphatic rings. The predicted octanol–water partition coefficient (Wildman–Crippen LogP) is 1.31. The van der Waals surface area contributed by atoms with Gasteiger partial charge >= 0.3 is 0 Å². The van der Waals surface area contributed by atoms with E-state index >= 15 is 0 Å². The fourth-order valence-electron chi connectivity index (χ4n) is 1.84. The number of aliphatic hydroxyl groups is 1. The van der Waals surface area contributed by atoms with Crippen LogP contribution in [0.2, 0.25) is 0 Å². The standard InChI is InChI=1S/C11H21NO2/c1-3-8(2)11(14)12-7-9-4-5-10(13)6-9/h8-10,13H,3-7H2,1-2H3,(H,12,14). The lowest BCUT2D eigenvalue weighted by Crippen LogP contribution is -2.32. The Labute approximate surface area is 85.9 Å². The van der Waals surface area contributed by atoms with Crippen LogP contribution in [0.3, 0.4) is 0 Å². The molecule has 14 heavy (non-hydrogen) atoms. The van der Waals surface area contributed by atoms with Crippen LogP contribution in [0.25, 0.3) is 0 Å². The lowest BCUT2D eigenvalue weighted by Gasteiger charge is -2.13. The average Bonchev–Trinajstić information content (AvgIpc) is 2.59. The van der Waals surface area contributed by atoms with Gasteiger partial charge in [0.15, 0.2) is 0 Å². The van der Waals surface area contributed by atoms with Crippen molar-refractivity contribution in [3.05, 3.63) is 0 Å². The van der Waals surface area contributed by atoms with Crippen molar-refractivity contribution in [1.29, 1.82) is 0 Å². The highest BCUT2D eigenvalue weighted by Gasteiger charge is 2.23. The van der Waals surface area contributed by atoms with E-state index in [0.717, 1.165) is 32.2 Å². The summed E-state index contributed by atoms with van der Waals surface area (Å²) in [5, 5.41) is 12.3. The van der Waals surface area contributed by atoms with Crippen LogP contribution in [0, 0.1) is 11.8 Å². The number of rotatable bonds is 4. The molecular weight excluding hydrogens is 178 g/mol. The Bertz CT molecular complexity index is 194. The van der Waals surface area contributed by atoms with Crippen molar-refractivity contribution in [2.45, 2.75) is 45.6 Å². The molecule has 1 aliphatic carbocycles. The maximum Gasteiger partial charge on any atom is 0.222 e. The van der Waals surface area contributed by atoms with E-state index in [0.29, 0.717) is 5.92 Å². The molecule has 3 nitrogen and oxygen atoms in total. The SMILES string of the molecule is CCC(C)C(=O)NCC1CCC(O)C1. The van der Waals surface area contributed by atoms with Crippen LogP contribution in [-0.4, -0.2) is 23.7 Å². The van der Waals surface area contributed by atoms with Gasteiger partial charge in [0.2, 0.25) is 5.91 Å². The summed E-state index contributed by atoms with van der Waals surface area (Å²) >= 11 is 0. The van der Waals surface area contributed by atoms with Gasteiger partial charge in [-0.05, 0) is 31.6 Å². The summed E-state index contributed by atoms with van der Waals surface area (Å²) in [6.45, 7) is 4.70. The van der Waals surface area contributed by atoms with Crippen LogP contribution < -0.4 is 5.32 Å². The molecule has 3 unspecified atom stereocenters. The first-order valence-electron chi connectivity index (χ1n) is 5.59. The van der Waals surface area contributed by atoms with Crippen molar-refractivity contribution in [2.75, 3.05) is 6.54 Å². The highest BCUT2D eigenvalue weighted by atomic mass is 16.3. The molecular formula is C11H21NO2. The third-order valence-electron chi connectivity index (χ3n) is 3.14. The van der Waals surface area contributed by atoms with Gasteiger partial charge in [-0.1, -0.05) is 13.8 Å². The smallest absolute Gasteiger partial charge is 0.222 e. The molecule has 1 fully saturated rings. The number of nitrogens with one attached hydrogen (secondary N) is 1. The third kappa shape index (κ3) is 3.29. The van der Waals surface area contributed by atoms with Gasteiger partial charge in [-0.2, -0.15) is 0 Å². The first kappa shape index (κ1) is 11.5. The van der Waals surface area contributed by atoms with Gasteiger partial charge in [-0.25, -0.2) is 0 Å². The van der Waals surface area contributed by atoms with Crippen molar-refractivity contribution in [1.82, 2.24) is 5.32 Å². The molecule has 0 aromatic rings. The Kier molecular flexibility index (Phi) is 4.39. The Morgan fingerprint density at radius 3 is 2.79 bits per heavy atom. The maximum absolute atomic E-state index is 11.4. The van der Waals surface area contributed by atoms with Crippen molar-refractivity contribution < 1.29 is 9.90 Å². The molecule has 82 valence electrons. The zero-order valence-electron chi connectivity index (χ0n) is 9.12. The first-order valence-corrected chi connectivity index (χ1v) is 5.59. The summed E-state index contributed by atoms with van der Waals surface area (Å²) in [5.41, 5.74) is 0. The molecule has 0 saturated heterocycles. The maximum atomic E-state index is 11.4. The van der Waals surface area contributed by atoms with Crippen molar-refractivity contribution in [2.24, 2.45) is 11.8 Å². The second-order valence-electron chi connectivity index (χ2n) is 4.39. The van der Waals surface area contributed by atoms with Crippen LogP contribution in [-0.2, 0) is 4.79 Å². The molecule has 0 aromatic heterocycles. The number of amides is 1. The molecule has 3 heteroatoms. The lowest BCUT2D eigenvalue weighted by atomic mass is 10.1. The highest BCUT2D eigenvalue weighted by Crippen LogP contribution is 2.24. The molecule has 2 N–H and O–H groups in total. The minimum Gasteiger partial charge on any atom is -0.393 e. The summed E-state index contributed by atoms with van der Waals surface area (Å²) in [6.07, 6.45) is 3.53. The second kappa shape index (κ2) is 5.35. The first-order chi connectivity index (χ1) is 6.63. The van der Waals surface area contributed by atoms with Crippen LogP contribution in [0.1, 0.15) is 39.5 Å². The third-order valence-corrected chi connectivity index (χ3v) is 3.14. The van der Waals surface area contributed by atoms with Crippen molar-refractivity contribution in [3.8, 4) is 0 Å². The molecule has 0 aliphatic heterocycles. The molecule has 0 radical (unpaired) electrons. The molecule has 0 spiro atoms. The van der Waals surface area contributed by atoms with Gasteiger partial charge < -0.3 is 10.4 Å². The number of carbonyl (C=O) groups is 1. The summed E-state index contributed by atoms with van der Waals surface area (Å²) < 4.78 is 0. The topological polar surface area (TPSA) is 49.3 Å². The Hall–Kier alpha value is -0.570. The van der Waals surface area contributed by atoms with E-state index in [4.69, 9.17) is 0 Å². The van der Waals surface area contributed by atoms with E-state index in [9.17, 15) is 9.90 Å². The van der Waals surface area contributed by atoms with Gasteiger partial charge in [-0.3, -0.25) is 4.79 Å². The van der Waals surface area contributed by atoms with E-state index in [-0.39, 0.29) is 17.9 Å². The Morgan fingerprint density at radius 1 is 1.57 bits per heavy atom. The minimum absolute atomic E-state index is 0.112. The van der Waals surface area contributed by atoms with E-state index in [1.54, 1.807) is 0 Å². The van der Waals surface area contributed by atoms with Gasteiger partial charge in [0.1, 0.15) is 0 Å². The monoisotopic (exact) mass is 199 g/mol. The highest BCUT2D eigenvalue weighted by molar-refractivity contribution is 5.78. The van der Waals surface area contributed by atoms with Crippen molar-refractivity contribution >= 4 is 5.91 Å². The summed E-state index contributed by atoms with van der Waals surface area (Å²) in [5.74, 6) is 0.744. The van der Waals surface area contributed by atoms with Crippen LogP contribution >= 0.6 is 0 Å². The Balaban J connectivity index is 2.17. The predicted molar refractivity (Wildman–Crippen MR) is 55.8 cm³/mol. The molecule has 1 saturated carbocycles. The van der Waals surface area contributed by atoms with Gasteiger partial charge in [0.05, 0.1) is 6.10 Å². The fraction of sp³-hybridized carbons (Fsp3) is 0.909. The number of hydrogen-bond acceptors (Lipinski definition) is 2. The number of aliphatic hydroxyl groups excluding tert-OH is 1. The van der Waals surface area contributed by atoms with Gasteiger partial charge in [0.25, 0.3) is 0 Å². The normalized spacial score (nSPS) is 28.8.